The summed E-state index contributed by atoms with van der Waals surface area (Å²) < 4.78 is 2.01. The van der Waals surface area contributed by atoms with Crippen molar-refractivity contribution in [1.29, 1.82) is 0 Å². The largest absolute Gasteiger partial charge is 0.338 e. The van der Waals surface area contributed by atoms with E-state index in [1.54, 1.807) is 12.1 Å². The van der Waals surface area contributed by atoms with E-state index in [1.807, 2.05) is 45.8 Å². The normalized spacial score (nSPS) is 18.0. The quantitative estimate of drug-likeness (QED) is 0.718. The maximum atomic E-state index is 12.8. The Morgan fingerprint density at radius 2 is 1.96 bits per heavy atom. The maximum absolute atomic E-state index is 12.8. The van der Waals surface area contributed by atoms with Crippen molar-refractivity contribution < 1.29 is 4.79 Å². The van der Waals surface area contributed by atoms with Crippen molar-refractivity contribution in [3.8, 4) is 0 Å². The van der Waals surface area contributed by atoms with E-state index in [9.17, 15) is 4.79 Å². The average molecular weight is 341 g/mol. The molecule has 6 heteroatoms. The predicted octanol–water partition coefficient (Wildman–Crippen LogP) is 3.40. The third-order valence-electron chi connectivity index (χ3n) is 4.52. The van der Waals surface area contributed by atoms with Crippen LogP contribution in [0.25, 0.3) is 5.65 Å². The van der Waals surface area contributed by atoms with Gasteiger partial charge in [-0.1, -0.05) is 29.8 Å². The van der Waals surface area contributed by atoms with Gasteiger partial charge in [-0.25, -0.2) is 0 Å². The lowest BCUT2D eigenvalue weighted by atomic mass is 9.96. The Kier molecular flexibility index (Phi) is 3.94. The number of aromatic nitrogens is 3. The molecule has 3 heterocycles. The number of halogens is 1. The Hall–Kier alpha value is -2.40. The van der Waals surface area contributed by atoms with Crippen molar-refractivity contribution in [2.45, 2.75) is 18.8 Å². The van der Waals surface area contributed by atoms with Crippen molar-refractivity contribution >= 4 is 23.2 Å². The smallest absolute Gasteiger partial charge is 0.255 e. The topological polar surface area (TPSA) is 50.5 Å². The van der Waals surface area contributed by atoms with Crippen molar-refractivity contribution in [3.63, 3.8) is 0 Å². The van der Waals surface area contributed by atoms with E-state index in [-0.39, 0.29) is 11.8 Å². The highest BCUT2D eigenvalue weighted by atomic mass is 35.5. The molecule has 1 saturated heterocycles. The average Bonchev–Trinajstić information content (AvgIpc) is 3.06. The fraction of sp³-hybridized carbons (Fsp3) is 0.278. The van der Waals surface area contributed by atoms with Gasteiger partial charge >= 0.3 is 0 Å². The number of nitrogens with zero attached hydrogens (tertiary/aromatic N) is 4. The molecule has 1 unspecified atom stereocenters. The summed E-state index contributed by atoms with van der Waals surface area (Å²) in [5.41, 5.74) is 1.40. The summed E-state index contributed by atoms with van der Waals surface area (Å²) in [7, 11) is 0. The minimum Gasteiger partial charge on any atom is -0.338 e. The molecule has 2 aromatic heterocycles. The zero-order valence-corrected chi connectivity index (χ0v) is 13.9. The predicted molar refractivity (Wildman–Crippen MR) is 92.3 cm³/mol. The summed E-state index contributed by atoms with van der Waals surface area (Å²) in [6.07, 6.45) is 3.92. The molecular weight excluding hydrogens is 324 g/mol. The first-order valence-electron chi connectivity index (χ1n) is 8.07. The molecule has 0 radical (unpaired) electrons. The van der Waals surface area contributed by atoms with E-state index in [0.29, 0.717) is 17.1 Å². The summed E-state index contributed by atoms with van der Waals surface area (Å²) in [5.74, 6) is 1.09. The third-order valence-corrected chi connectivity index (χ3v) is 4.85. The Morgan fingerprint density at radius 1 is 1.12 bits per heavy atom. The molecule has 0 aliphatic carbocycles. The molecule has 5 nitrogen and oxygen atoms in total. The second-order valence-electron chi connectivity index (χ2n) is 6.06. The van der Waals surface area contributed by atoms with Gasteiger partial charge in [0, 0.05) is 25.2 Å². The van der Waals surface area contributed by atoms with E-state index >= 15 is 0 Å². The lowest BCUT2D eigenvalue weighted by Crippen LogP contribution is -2.39. The van der Waals surface area contributed by atoms with Crippen LogP contribution in [0.3, 0.4) is 0 Å². The molecule has 0 bridgehead atoms. The van der Waals surface area contributed by atoms with Crippen LogP contribution >= 0.6 is 11.6 Å². The Labute approximate surface area is 144 Å². The van der Waals surface area contributed by atoms with Gasteiger partial charge in [-0.15, -0.1) is 10.2 Å². The first-order valence-corrected chi connectivity index (χ1v) is 8.45. The molecule has 0 N–H and O–H groups in total. The molecule has 0 spiro atoms. The van der Waals surface area contributed by atoms with Gasteiger partial charge in [0.05, 0.1) is 10.6 Å². The Bertz CT molecular complexity index is 891. The van der Waals surface area contributed by atoms with E-state index in [1.165, 1.54) is 0 Å². The number of rotatable bonds is 2. The van der Waals surface area contributed by atoms with Gasteiger partial charge in [0.15, 0.2) is 5.65 Å². The van der Waals surface area contributed by atoms with Gasteiger partial charge in [0.1, 0.15) is 5.82 Å². The fourth-order valence-corrected chi connectivity index (χ4v) is 3.53. The first-order chi connectivity index (χ1) is 11.7. The summed E-state index contributed by atoms with van der Waals surface area (Å²) in [5, 5.41) is 9.07. The number of hydrogen-bond donors (Lipinski definition) is 0. The van der Waals surface area contributed by atoms with Gasteiger partial charge in [-0.2, -0.15) is 0 Å². The molecule has 0 saturated carbocycles. The third kappa shape index (κ3) is 2.65. The molecule has 1 aliphatic rings. The molecule has 24 heavy (non-hydrogen) atoms. The second kappa shape index (κ2) is 6.24. The first kappa shape index (κ1) is 15.1. The molecule has 1 fully saturated rings. The summed E-state index contributed by atoms with van der Waals surface area (Å²) in [6.45, 7) is 1.39. The van der Waals surface area contributed by atoms with Crippen LogP contribution in [-0.2, 0) is 0 Å². The zero-order chi connectivity index (χ0) is 16.5. The molecule has 1 atom stereocenters. The van der Waals surface area contributed by atoms with Crippen molar-refractivity contribution in [2.75, 3.05) is 13.1 Å². The number of amides is 1. The van der Waals surface area contributed by atoms with Crippen LogP contribution < -0.4 is 0 Å². The summed E-state index contributed by atoms with van der Waals surface area (Å²) in [4.78, 5) is 14.7. The highest BCUT2D eigenvalue weighted by Gasteiger charge is 2.29. The number of hydrogen-bond acceptors (Lipinski definition) is 3. The summed E-state index contributed by atoms with van der Waals surface area (Å²) >= 11 is 6.18. The molecule has 1 aliphatic heterocycles. The van der Waals surface area contributed by atoms with E-state index < -0.39 is 0 Å². The van der Waals surface area contributed by atoms with Crippen LogP contribution in [0, 0.1) is 0 Å². The van der Waals surface area contributed by atoms with Crippen LogP contribution in [0.5, 0.6) is 0 Å². The van der Waals surface area contributed by atoms with Crippen LogP contribution in [0.15, 0.2) is 48.7 Å². The maximum Gasteiger partial charge on any atom is 0.255 e. The Morgan fingerprint density at radius 3 is 2.83 bits per heavy atom. The lowest BCUT2D eigenvalue weighted by molar-refractivity contribution is 0.0704. The molecule has 1 aromatic carbocycles. The van der Waals surface area contributed by atoms with E-state index in [4.69, 9.17) is 11.6 Å². The van der Waals surface area contributed by atoms with Crippen molar-refractivity contribution in [2.24, 2.45) is 0 Å². The van der Waals surface area contributed by atoms with Gasteiger partial charge in [0.25, 0.3) is 5.91 Å². The van der Waals surface area contributed by atoms with E-state index in [2.05, 4.69) is 10.2 Å². The van der Waals surface area contributed by atoms with Gasteiger partial charge in [-0.05, 0) is 37.1 Å². The minimum absolute atomic E-state index is 0.0147. The van der Waals surface area contributed by atoms with Crippen LogP contribution in [0.1, 0.15) is 34.9 Å². The lowest BCUT2D eigenvalue weighted by Gasteiger charge is -2.32. The van der Waals surface area contributed by atoms with Crippen molar-refractivity contribution in [1.82, 2.24) is 19.5 Å². The highest BCUT2D eigenvalue weighted by molar-refractivity contribution is 6.33. The van der Waals surface area contributed by atoms with Crippen LogP contribution in [-0.4, -0.2) is 38.5 Å². The molecule has 1 amide bonds. The number of carbonyl (C=O) groups is 1. The molecule has 3 aromatic rings. The number of fused-ring (bicyclic) bond motifs is 1. The Balaban J connectivity index is 1.60. The van der Waals surface area contributed by atoms with E-state index in [0.717, 1.165) is 30.9 Å². The molecule has 122 valence electrons. The second-order valence-corrected chi connectivity index (χ2v) is 6.46. The monoisotopic (exact) mass is 340 g/mol. The van der Waals surface area contributed by atoms with Gasteiger partial charge < -0.3 is 4.90 Å². The highest BCUT2D eigenvalue weighted by Crippen LogP contribution is 2.28. The van der Waals surface area contributed by atoms with Crippen molar-refractivity contribution in [3.05, 3.63) is 65.1 Å². The van der Waals surface area contributed by atoms with Crippen LogP contribution in [0.2, 0.25) is 5.02 Å². The SMILES string of the molecule is O=C(c1ccccc1Cl)N1CCCC(c2nnc3ccccn23)C1. The number of likely N-dealkylation sites (tertiary alicyclic amines) is 1. The molecular formula is C18H17ClN4O. The minimum atomic E-state index is -0.0147. The zero-order valence-electron chi connectivity index (χ0n) is 13.1. The molecule has 4 rings (SSSR count). The van der Waals surface area contributed by atoms with Gasteiger partial charge in [-0.3, -0.25) is 9.20 Å². The van der Waals surface area contributed by atoms with Crippen LogP contribution in [0.4, 0.5) is 0 Å². The summed E-state index contributed by atoms with van der Waals surface area (Å²) in [6, 6.07) is 13.1. The number of pyridine rings is 1. The fourth-order valence-electron chi connectivity index (χ4n) is 3.32. The van der Waals surface area contributed by atoms with Gasteiger partial charge in [0.2, 0.25) is 0 Å². The number of piperidine rings is 1. The standard InChI is InChI=1S/C18H17ClN4O/c19-15-8-2-1-7-14(15)18(24)22-10-5-6-13(12-22)17-21-20-16-9-3-4-11-23(16)17/h1-4,7-9,11,13H,5-6,10,12H2. The number of carbonyl (C=O) groups excluding carboxylic acids is 1. The number of benzene rings is 1.